The molecule has 1 unspecified atom stereocenters. The van der Waals surface area contributed by atoms with Crippen LogP contribution < -0.4 is 9.64 Å². The summed E-state index contributed by atoms with van der Waals surface area (Å²) in [6.45, 7) is 4.71. The van der Waals surface area contributed by atoms with E-state index in [-0.39, 0.29) is 5.41 Å². The van der Waals surface area contributed by atoms with Crippen molar-refractivity contribution in [3.8, 4) is 33.8 Å². The highest BCUT2D eigenvalue weighted by molar-refractivity contribution is 5.95. The van der Waals surface area contributed by atoms with E-state index in [0.717, 1.165) is 28.6 Å². The second-order valence-electron chi connectivity index (χ2n) is 14.9. The molecule has 0 radical (unpaired) electrons. The zero-order valence-corrected chi connectivity index (χ0v) is 29.1. The van der Waals surface area contributed by atoms with Crippen molar-refractivity contribution >= 4 is 27.8 Å². The molecule has 1 aliphatic heterocycles. The minimum absolute atomic E-state index is 0.0957. The molecule has 52 heavy (non-hydrogen) atoms. The maximum absolute atomic E-state index is 6.75. The summed E-state index contributed by atoms with van der Waals surface area (Å²) in [4.78, 5) is 2.42. The molecular weight excluding hydrogens is 631 g/mol. The van der Waals surface area contributed by atoms with E-state index in [1.165, 1.54) is 66.4 Å². The third-order valence-corrected chi connectivity index (χ3v) is 11.9. The van der Waals surface area contributed by atoms with Crippen LogP contribution in [0.2, 0.25) is 0 Å². The number of rotatable bonds is 3. The van der Waals surface area contributed by atoms with Crippen molar-refractivity contribution in [2.75, 3.05) is 4.90 Å². The first-order valence-corrected chi connectivity index (χ1v) is 18.2. The average molecular weight is 666 g/mol. The molecular formula is C50H35NO. The fourth-order valence-electron chi connectivity index (χ4n) is 9.57. The molecule has 2 heteroatoms. The maximum Gasteiger partial charge on any atom is 0.132 e. The Kier molecular flexibility index (Phi) is 5.97. The highest BCUT2D eigenvalue weighted by Crippen LogP contribution is 2.63. The molecule has 8 aromatic rings. The number of fused-ring (bicyclic) bond motifs is 13. The predicted molar refractivity (Wildman–Crippen MR) is 214 cm³/mol. The Bertz CT molecular complexity index is 2760. The van der Waals surface area contributed by atoms with Gasteiger partial charge in [0.2, 0.25) is 0 Å². The highest BCUT2D eigenvalue weighted by Gasteiger charge is 2.51. The van der Waals surface area contributed by atoms with E-state index in [9.17, 15) is 0 Å². The SMILES string of the molecule is CC1(C)c2ccccc2-c2ccc(N(c3ccccc3)c3ccc4c(c3)-c3ccccc3C43c4ccccc4Oc4cc5ccccc5cc43)cc21. The number of hydrogen-bond acceptors (Lipinski definition) is 2. The van der Waals surface area contributed by atoms with Crippen LogP contribution in [0.4, 0.5) is 17.1 Å². The van der Waals surface area contributed by atoms with Crippen molar-refractivity contribution in [2.45, 2.75) is 24.7 Å². The fourth-order valence-corrected chi connectivity index (χ4v) is 9.57. The molecule has 0 N–H and O–H groups in total. The van der Waals surface area contributed by atoms with E-state index in [1.54, 1.807) is 0 Å². The third kappa shape index (κ3) is 3.84. The van der Waals surface area contributed by atoms with E-state index in [4.69, 9.17) is 4.74 Å². The first-order chi connectivity index (χ1) is 25.5. The Balaban J connectivity index is 1.16. The molecule has 1 heterocycles. The van der Waals surface area contributed by atoms with E-state index in [1.807, 2.05) is 0 Å². The van der Waals surface area contributed by atoms with Gasteiger partial charge in [0.25, 0.3) is 0 Å². The minimum atomic E-state index is -0.528. The number of para-hydroxylation sites is 2. The van der Waals surface area contributed by atoms with Gasteiger partial charge in [0.05, 0.1) is 5.41 Å². The fraction of sp³-hybridized carbons (Fsp3) is 0.0800. The van der Waals surface area contributed by atoms with Gasteiger partial charge in [0.1, 0.15) is 11.5 Å². The van der Waals surface area contributed by atoms with E-state index in [2.05, 4.69) is 195 Å². The Morgan fingerprint density at radius 1 is 0.365 bits per heavy atom. The number of anilines is 3. The van der Waals surface area contributed by atoms with Crippen molar-refractivity contribution < 1.29 is 4.74 Å². The summed E-state index contributed by atoms with van der Waals surface area (Å²) in [6, 6.07) is 64.6. The van der Waals surface area contributed by atoms with Gasteiger partial charge in [-0.25, -0.2) is 0 Å². The van der Waals surface area contributed by atoms with Gasteiger partial charge in [0, 0.05) is 33.6 Å². The average Bonchev–Trinajstić information content (AvgIpc) is 3.60. The van der Waals surface area contributed by atoms with Crippen LogP contribution in [-0.4, -0.2) is 0 Å². The molecule has 0 bridgehead atoms. The molecule has 246 valence electrons. The molecule has 0 aromatic heterocycles. The van der Waals surface area contributed by atoms with Crippen LogP contribution in [0.15, 0.2) is 176 Å². The lowest BCUT2D eigenvalue weighted by molar-refractivity contribution is 0.437. The monoisotopic (exact) mass is 665 g/mol. The topological polar surface area (TPSA) is 12.5 Å². The molecule has 11 rings (SSSR count). The van der Waals surface area contributed by atoms with Gasteiger partial charge in [-0.2, -0.15) is 0 Å². The first-order valence-electron chi connectivity index (χ1n) is 18.2. The first kappa shape index (κ1) is 29.4. The predicted octanol–water partition coefficient (Wildman–Crippen LogP) is 13.1. The van der Waals surface area contributed by atoms with Crippen LogP contribution in [-0.2, 0) is 10.8 Å². The summed E-state index contributed by atoms with van der Waals surface area (Å²) in [5, 5.41) is 2.39. The Hall–Kier alpha value is -6.38. The van der Waals surface area contributed by atoms with Crippen LogP contribution in [0, 0.1) is 0 Å². The molecule has 0 saturated heterocycles. The summed E-state index contributed by atoms with van der Waals surface area (Å²) < 4.78 is 6.75. The largest absolute Gasteiger partial charge is 0.457 e. The maximum atomic E-state index is 6.75. The van der Waals surface area contributed by atoms with Gasteiger partial charge < -0.3 is 9.64 Å². The van der Waals surface area contributed by atoms with Crippen molar-refractivity contribution in [3.63, 3.8) is 0 Å². The van der Waals surface area contributed by atoms with Gasteiger partial charge in [-0.15, -0.1) is 0 Å². The van der Waals surface area contributed by atoms with Crippen molar-refractivity contribution in [2.24, 2.45) is 0 Å². The molecule has 2 nitrogen and oxygen atoms in total. The van der Waals surface area contributed by atoms with E-state index >= 15 is 0 Å². The Morgan fingerprint density at radius 2 is 0.942 bits per heavy atom. The number of hydrogen-bond donors (Lipinski definition) is 0. The molecule has 0 saturated carbocycles. The summed E-state index contributed by atoms with van der Waals surface area (Å²) in [5.41, 5.74) is 15.6. The lowest BCUT2D eigenvalue weighted by Crippen LogP contribution is -2.32. The number of nitrogens with zero attached hydrogens (tertiary/aromatic N) is 1. The normalized spacial score (nSPS) is 16.7. The summed E-state index contributed by atoms with van der Waals surface area (Å²) in [6.07, 6.45) is 0. The summed E-state index contributed by atoms with van der Waals surface area (Å²) in [7, 11) is 0. The third-order valence-electron chi connectivity index (χ3n) is 11.9. The van der Waals surface area contributed by atoms with Gasteiger partial charge in [-0.3, -0.25) is 0 Å². The quantitative estimate of drug-likeness (QED) is 0.186. The second kappa shape index (κ2) is 10.6. The van der Waals surface area contributed by atoms with E-state index in [0.29, 0.717) is 0 Å². The second-order valence-corrected chi connectivity index (χ2v) is 14.9. The zero-order valence-electron chi connectivity index (χ0n) is 29.1. The Morgan fingerprint density at radius 3 is 1.75 bits per heavy atom. The summed E-state index contributed by atoms with van der Waals surface area (Å²) >= 11 is 0. The zero-order chi connectivity index (χ0) is 34.6. The van der Waals surface area contributed by atoms with Crippen LogP contribution in [0.25, 0.3) is 33.0 Å². The lowest BCUT2D eigenvalue weighted by Gasteiger charge is -2.39. The van der Waals surface area contributed by atoms with Crippen LogP contribution in [0.3, 0.4) is 0 Å². The van der Waals surface area contributed by atoms with E-state index < -0.39 is 5.41 Å². The van der Waals surface area contributed by atoms with Crippen LogP contribution >= 0.6 is 0 Å². The van der Waals surface area contributed by atoms with Crippen molar-refractivity contribution in [1.29, 1.82) is 0 Å². The van der Waals surface area contributed by atoms with Crippen LogP contribution in [0.5, 0.6) is 11.5 Å². The molecule has 2 aliphatic carbocycles. The van der Waals surface area contributed by atoms with Gasteiger partial charge in [-0.1, -0.05) is 135 Å². The molecule has 8 aromatic carbocycles. The van der Waals surface area contributed by atoms with Gasteiger partial charge >= 0.3 is 0 Å². The van der Waals surface area contributed by atoms with Crippen LogP contribution in [0.1, 0.15) is 47.2 Å². The van der Waals surface area contributed by atoms with Crippen molar-refractivity contribution in [3.05, 3.63) is 209 Å². The molecule has 1 atom stereocenters. The smallest absolute Gasteiger partial charge is 0.132 e. The molecule has 0 fully saturated rings. The highest BCUT2D eigenvalue weighted by atomic mass is 16.5. The summed E-state index contributed by atoms with van der Waals surface area (Å²) in [5.74, 6) is 1.82. The molecule has 3 aliphatic rings. The number of benzene rings is 8. The molecule has 1 spiro atoms. The minimum Gasteiger partial charge on any atom is -0.457 e. The van der Waals surface area contributed by atoms with Gasteiger partial charge in [0.15, 0.2) is 0 Å². The standard InChI is InChI=1S/C50H35NO/c1-49(2)41-20-10-8-18-37(41)39-26-24-36(31-45(39)49)51(34-16-4-3-5-17-34)35-25-27-43-40(30-35)38-19-9-11-21-42(38)50(43)44-22-12-13-23-47(44)52-48-29-33-15-7-6-14-32(33)28-46(48)50/h3-31H,1-2H3. The molecule has 0 amide bonds. The van der Waals surface area contributed by atoms with Crippen molar-refractivity contribution in [1.82, 2.24) is 0 Å². The number of ether oxygens (including phenoxy) is 1. The Labute approximate surface area is 304 Å². The van der Waals surface area contributed by atoms with Gasteiger partial charge in [-0.05, 0) is 110 Å². The lowest BCUT2D eigenvalue weighted by atomic mass is 9.66.